The summed E-state index contributed by atoms with van der Waals surface area (Å²) < 4.78 is 5.23. The van der Waals surface area contributed by atoms with Crippen LogP contribution in [0.4, 0.5) is 17.1 Å². The summed E-state index contributed by atoms with van der Waals surface area (Å²) in [6.07, 6.45) is -1.13. The number of fused-ring (bicyclic) bond motifs is 1. The number of carbonyl (C=O) groups is 2. The maximum Gasteiger partial charge on any atom is 0.269 e. The normalized spacial score (nSPS) is 21.4. The van der Waals surface area contributed by atoms with E-state index in [0.717, 1.165) is 4.90 Å². The van der Waals surface area contributed by atoms with Crippen LogP contribution < -0.4 is 14.7 Å². The molecule has 2 saturated heterocycles. The molecular formula is C24H18ClN3O7. The van der Waals surface area contributed by atoms with Gasteiger partial charge in [0.25, 0.3) is 11.6 Å². The summed E-state index contributed by atoms with van der Waals surface area (Å²) in [5.41, 5.74) is 1.22. The number of benzene rings is 3. The van der Waals surface area contributed by atoms with E-state index in [1.807, 2.05) is 0 Å². The number of phenolic OH excluding ortho intramolecular Hbond substituents is 1. The van der Waals surface area contributed by atoms with Crippen molar-refractivity contribution in [2.75, 3.05) is 17.1 Å². The number of anilines is 2. The average molecular weight is 496 g/mol. The van der Waals surface area contributed by atoms with Crippen LogP contribution in [0.25, 0.3) is 0 Å². The largest absolute Gasteiger partial charge is 0.504 e. The summed E-state index contributed by atoms with van der Waals surface area (Å²) in [6, 6.07) is 15.7. The molecule has 35 heavy (non-hydrogen) atoms. The fourth-order valence-electron chi connectivity index (χ4n) is 4.42. The number of hydroxylamine groups is 1. The van der Waals surface area contributed by atoms with E-state index >= 15 is 0 Å². The Bertz CT molecular complexity index is 1330. The van der Waals surface area contributed by atoms with Crippen LogP contribution in [0.1, 0.15) is 11.6 Å². The molecule has 2 heterocycles. The number of methoxy groups -OCH3 is 1. The first-order valence-corrected chi connectivity index (χ1v) is 10.9. The van der Waals surface area contributed by atoms with Crippen molar-refractivity contribution in [3.8, 4) is 11.5 Å². The summed E-state index contributed by atoms with van der Waals surface area (Å²) in [5.74, 6) is -1.85. The fraction of sp³-hybridized carbons (Fsp3) is 0.167. The third-order valence-corrected chi connectivity index (χ3v) is 6.31. The maximum atomic E-state index is 13.6. The predicted octanol–water partition coefficient (Wildman–Crippen LogP) is 4.01. The lowest BCUT2D eigenvalue weighted by Crippen LogP contribution is -2.37. The van der Waals surface area contributed by atoms with Crippen LogP contribution in [0.15, 0.2) is 66.7 Å². The van der Waals surface area contributed by atoms with E-state index in [0.29, 0.717) is 22.0 Å². The molecule has 3 aromatic rings. The molecule has 0 aromatic heterocycles. The van der Waals surface area contributed by atoms with E-state index in [-0.39, 0.29) is 17.2 Å². The number of phenols is 1. The summed E-state index contributed by atoms with van der Waals surface area (Å²) in [4.78, 5) is 44.6. The third kappa shape index (κ3) is 3.72. The van der Waals surface area contributed by atoms with E-state index in [9.17, 15) is 24.8 Å². The highest BCUT2D eigenvalue weighted by Crippen LogP contribution is 2.48. The van der Waals surface area contributed by atoms with Crippen molar-refractivity contribution in [3.63, 3.8) is 0 Å². The van der Waals surface area contributed by atoms with Crippen molar-refractivity contribution in [1.29, 1.82) is 0 Å². The Morgan fingerprint density at radius 2 is 1.66 bits per heavy atom. The minimum absolute atomic E-state index is 0.0924. The number of ether oxygens (including phenoxy) is 1. The summed E-state index contributed by atoms with van der Waals surface area (Å²) >= 11 is 5.95. The number of rotatable bonds is 5. The minimum atomic E-state index is -1.13. The Hall–Kier alpha value is -4.15. The quantitative estimate of drug-likeness (QED) is 0.320. The summed E-state index contributed by atoms with van der Waals surface area (Å²) in [5, 5.41) is 23.0. The lowest BCUT2D eigenvalue weighted by Gasteiger charge is -2.29. The van der Waals surface area contributed by atoms with Crippen LogP contribution in [-0.4, -0.2) is 35.1 Å². The van der Waals surface area contributed by atoms with Gasteiger partial charge >= 0.3 is 0 Å². The predicted molar refractivity (Wildman–Crippen MR) is 125 cm³/mol. The molecule has 0 saturated carbocycles. The van der Waals surface area contributed by atoms with Crippen LogP contribution in [0.5, 0.6) is 11.5 Å². The number of nitro benzene ring substituents is 1. The second-order valence-electron chi connectivity index (χ2n) is 8.02. The van der Waals surface area contributed by atoms with E-state index in [2.05, 4.69) is 0 Å². The molecule has 3 aromatic carbocycles. The van der Waals surface area contributed by atoms with E-state index in [1.54, 1.807) is 36.4 Å². The van der Waals surface area contributed by atoms with Gasteiger partial charge in [0.05, 0.1) is 29.4 Å². The highest BCUT2D eigenvalue weighted by Gasteiger charge is 2.60. The van der Waals surface area contributed by atoms with Crippen LogP contribution in [0.2, 0.25) is 5.02 Å². The van der Waals surface area contributed by atoms with Gasteiger partial charge in [-0.2, -0.15) is 0 Å². The zero-order valence-electron chi connectivity index (χ0n) is 18.2. The number of imide groups is 1. The number of carbonyl (C=O) groups excluding carboxylic acids is 2. The van der Waals surface area contributed by atoms with Gasteiger partial charge in [0, 0.05) is 17.2 Å². The molecule has 10 nitrogen and oxygen atoms in total. The number of nitrogens with zero attached hydrogens (tertiary/aromatic N) is 3. The van der Waals surface area contributed by atoms with Gasteiger partial charge in [-0.25, -0.2) is 9.96 Å². The highest BCUT2D eigenvalue weighted by molar-refractivity contribution is 6.31. The second-order valence-corrected chi connectivity index (χ2v) is 8.45. The monoisotopic (exact) mass is 495 g/mol. The standard InChI is InChI=1S/C24H18ClN3O7/c1-34-19-12-13(2-11-18(19)29)21-20-22(35-27(21)16-7-9-17(10-8-16)28(32)33)24(31)26(23(20)30)15-5-3-14(25)4-6-15/h2-12,20-22,29H,1H3/t20-,21+,22+/m0/s1. The molecule has 0 spiro atoms. The molecule has 0 unspecified atom stereocenters. The molecule has 2 fully saturated rings. The molecule has 0 radical (unpaired) electrons. The van der Waals surface area contributed by atoms with E-state index in [1.165, 1.54) is 42.5 Å². The lowest BCUT2D eigenvalue weighted by atomic mass is 9.90. The molecule has 0 bridgehead atoms. The molecule has 11 heteroatoms. The lowest BCUT2D eigenvalue weighted by molar-refractivity contribution is -0.384. The maximum absolute atomic E-state index is 13.6. The van der Waals surface area contributed by atoms with Crippen molar-refractivity contribution in [3.05, 3.63) is 87.4 Å². The first kappa shape index (κ1) is 22.6. The van der Waals surface area contributed by atoms with Gasteiger partial charge in [0.1, 0.15) is 5.92 Å². The van der Waals surface area contributed by atoms with Crippen LogP contribution in [0.3, 0.4) is 0 Å². The molecule has 178 valence electrons. The smallest absolute Gasteiger partial charge is 0.269 e. The molecular weight excluding hydrogens is 478 g/mol. The van der Waals surface area contributed by atoms with Crippen molar-refractivity contribution < 1.29 is 29.2 Å². The zero-order valence-corrected chi connectivity index (χ0v) is 19.0. The Morgan fingerprint density at radius 1 is 1.00 bits per heavy atom. The number of amides is 2. The van der Waals surface area contributed by atoms with Crippen LogP contribution in [0, 0.1) is 16.0 Å². The van der Waals surface area contributed by atoms with Crippen LogP contribution in [-0.2, 0) is 14.4 Å². The van der Waals surface area contributed by atoms with Gasteiger partial charge in [0.15, 0.2) is 17.6 Å². The number of hydrogen-bond donors (Lipinski definition) is 1. The first-order chi connectivity index (χ1) is 16.8. The number of nitro groups is 1. The molecule has 3 atom stereocenters. The number of hydrogen-bond acceptors (Lipinski definition) is 8. The fourth-order valence-corrected chi connectivity index (χ4v) is 4.55. The topological polar surface area (TPSA) is 122 Å². The highest BCUT2D eigenvalue weighted by atomic mass is 35.5. The minimum Gasteiger partial charge on any atom is -0.504 e. The molecule has 2 amide bonds. The SMILES string of the molecule is COc1cc([C@@H]2[C@@H]3C(=O)N(c4ccc(Cl)cc4)C(=O)[C@@H]3ON2c2ccc([N+](=O)[O-])cc2)ccc1O. The molecule has 2 aliphatic heterocycles. The van der Waals surface area contributed by atoms with Crippen LogP contribution >= 0.6 is 11.6 Å². The van der Waals surface area contributed by atoms with Crippen molar-refractivity contribution >= 4 is 40.5 Å². The van der Waals surface area contributed by atoms with Crippen molar-refractivity contribution in [2.45, 2.75) is 12.1 Å². The first-order valence-electron chi connectivity index (χ1n) is 10.5. The van der Waals surface area contributed by atoms with Gasteiger partial charge in [-0.15, -0.1) is 0 Å². The zero-order chi connectivity index (χ0) is 24.9. The summed E-state index contributed by atoms with van der Waals surface area (Å²) in [7, 11) is 1.40. The molecule has 0 aliphatic carbocycles. The number of aromatic hydroxyl groups is 1. The van der Waals surface area contributed by atoms with Gasteiger partial charge in [-0.3, -0.25) is 24.5 Å². The number of non-ortho nitro benzene ring substituents is 1. The third-order valence-electron chi connectivity index (χ3n) is 6.06. The van der Waals surface area contributed by atoms with Crippen molar-refractivity contribution in [2.24, 2.45) is 5.92 Å². The van der Waals surface area contributed by atoms with E-state index in [4.69, 9.17) is 21.2 Å². The Labute approximate surface area is 203 Å². The average Bonchev–Trinajstić information content (AvgIpc) is 3.36. The van der Waals surface area contributed by atoms with Gasteiger partial charge in [0.2, 0.25) is 5.91 Å². The van der Waals surface area contributed by atoms with Gasteiger partial charge in [-0.05, 0) is 54.1 Å². The Balaban J connectivity index is 1.59. The van der Waals surface area contributed by atoms with Gasteiger partial charge in [-0.1, -0.05) is 17.7 Å². The number of halogens is 1. The summed E-state index contributed by atoms with van der Waals surface area (Å²) in [6.45, 7) is 0. The van der Waals surface area contributed by atoms with E-state index < -0.39 is 34.8 Å². The van der Waals surface area contributed by atoms with Gasteiger partial charge < -0.3 is 9.84 Å². The molecule has 2 aliphatic rings. The second kappa shape index (κ2) is 8.57. The Kier molecular flexibility index (Phi) is 5.54. The van der Waals surface area contributed by atoms with Crippen molar-refractivity contribution in [1.82, 2.24) is 0 Å². The molecule has 5 rings (SSSR count). The molecule has 1 N–H and O–H groups in total. The Morgan fingerprint density at radius 3 is 2.29 bits per heavy atom.